The first kappa shape index (κ1) is 15.2. The molecule has 2 aliphatic heterocycles. The van der Waals surface area contributed by atoms with Crippen molar-refractivity contribution in [3.05, 3.63) is 0 Å². The first-order valence-corrected chi connectivity index (χ1v) is 8.74. The van der Waals surface area contributed by atoms with E-state index >= 15 is 0 Å². The first-order chi connectivity index (χ1) is 9.08. The number of hydrogen-bond acceptors (Lipinski definition) is 3. The molecule has 0 aromatic rings. The van der Waals surface area contributed by atoms with Crippen molar-refractivity contribution in [2.75, 3.05) is 31.9 Å². The molecule has 1 N–H and O–H groups in total. The van der Waals surface area contributed by atoms with E-state index < -0.39 is 0 Å². The quantitative estimate of drug-likeness (QED) is 0.860. The van der Waals surface area contributed by atoms with Crippen LogP contribution in [0.1, 0.15) is 40.0 Å². The Morgan fingerprint density at radius 3 is 2.47 bits per heavy atom. The monoisotopic (exact) mass is 284 g/mol. The molecule has 1 spiro atoms. The number of piperidine rings is 1. The number of nitrogens with zero attached hydrogens (tertiary/aromatic N) is 1. The highest BCUT2D eigenvalue weighted by Crippen LogP contribution is 2.37. The largest absolute Gasteiger partial charge is 0.342 e. The van der Waals surface area contributed by atoms with Crippen LogP contribution < -0.4 is 5.32 Å². The van der Waals surface area contributed by atoms with Gasteiger partial charge in [-0.2, -0.15) is 0 Å². The maximum absolute atomic E-state index is 12.6. The van der Waals surface area contributed by atoms with E-state index in [4.69, 9.17) is 0 Å². The summed E-state index contributed by atoms with van der Waals surface area (Å²) in [7, 11) is 0. The van der Waals surface area contributed by atoms with Crippen LogP contribution in [-0.4, -0.2) is 48.0 Å². The van der Waals surface area contributed by atoms with Crippen molar-refractivity contribution in [3.63, 3.8) is 0 Å². The van der Waals surface area contributed by atoms with E-state index in [1.807, 2.05) is 0 Å². The maximum atomic E-state index is 12.6. The number of hydrogen-bond donors (Lipinski definition) is 1. The minimum absolute atomic E-state index is 0.153. The number of amides is 1. The average molecular weight is 284 g/mol. The van der Waals surface area contributed by atoms with Gasteiger partial charge < -0.3 is 10.2 Å². The number of rotatable bonds is 4. The van der Waals surface area contributed by atoms with Crippen molar-refractivity contribution in [2.45, 2.75) is 45.3 Å². The lowest BCUT2D eigenvalue weighted by molar-refractivity contribution is -0.133. The van der Waals surface area contributed by atoms with Gasteiger partial charge in [-0.05, 0) is 42.9 Å². The molecular weight excluding hydrogens is 256 g/mol. The predicted molar refractivity (Wildman–Crippen MR) is 82.5 cm³/mol. The van der Waals surface area contributed by atoms with Crippen LogP contribution >= 0.6 is 11.8 Å². The zero-order valence-electron chi connectivity index (χ0n) is 12.6. The Morgan fingerprint density at radius 1 is 1.32 bits per heavy atom. The van der Waals surface area contributed by atoms with Crippen molar-refractivity contribution in [1.29, 1.82) is 0 Å². The number of likely N-dealkylation sites (tertiary alicyclic amines) is 1. The molecule has 2 aliphatic rings. The summed E-state index contributed by atoms with van der Waals surface area (Å²) in [5.41, 5.74) is 0.502. The van der Waals surface area contributed by atoms with Crippen LogP contribution in [-0.2, 0) is 4.79 Å². The van der Waals surface area contributed by atoms with E-state index in [1.165, 1.54) is 19.3 Å². The van der Waals surface area contributed by atoms with E-state index in [1.54, 1.807) is 11.8 Å². The maximum Gasteiger partial charge on any atom is 0.235 e. The Morgan fingerprint density at radius 2 is 2.00 bits per heavy atom. The van der Waals surface area contributed by atoms with Crippen molar-refractivity contribution >= 4 is 17.7 Å². The Labute approximate surface area is 121 Å². The van der Waals surface area contributed by atoms with Gasteiger partial charge in [-0.15, -0.1) is 11.8 Å². The molecule has 0 bridgehead atoms. The molecule has 0 radical (unpaired) electrons. The van der Waals surface area contributed by atoms with E-state index in [9.17, 15) is 4.79 Å². The Bertz CT molecular complexity index is 303. The number of carbonyl (C=O) groups excluding carboxylic acids is 1. The van der Waals surface area contributed by atoms with Gasteiger partial charge in [-0.25, -0.2) is 0 Å². The first-order valence-electron chi connectivity index (χ1n) is 7.69. The summed E-state index contributed by atoms with van der Waals surface area (Å²) in [5, 5.41) is 3.63. The number of nitrogens with one attached hydrogen (secondary N) is 1. The van der Waals surface area contributed by atoms with Crippen LogP contribution in [0, 0.1) is 11.3 Å². The lowest BCUT2D eigenvalue weighted by Gasteiger charge is -2.40. The van der Waals surface area contributed by atoms with Crippen LogP contribution in [0.5, 0.6) is 0 Å². The summed E-state index contributed by atoms with van der Waals surface area (Å²) in [6, 6.07) is 0. The van der Waals surface area contributed by atoms with Gasteiger partial charge in [0.2, 0.25) is 5.91 Å². The fourth-order valence-electron chi connectivity index (χ4n) is 3.33. The second-order valence-electron chi connectivity index (χ2n) is 6.37. The number of thioether (sulfide) groups is 1. The van der Waals surface area contributed by atoms with E-state index in [-0.39, 0.29) is 5.25 Å². The molecular formula is C15H28N2OS. The minimum atomic E-state index is 0.153. The number of carbonyl (C=O) groups is 1. The Kier molecular flexibility index (Phi) is 5.18. The van der Waals surface area contributed by atoms with Crippen molar-refractivity contribution in [2.24, 2.45) is 11.3 Å². The Balaban J connectivity index is 1.90. The van der Waals surface area contributed by atoms with Gasteiger partial charge in [0, 0.05) is 19.6 Å². The van der Waals surface area contributed by atoms with Gasteiger partial charge in [-0.1, -0.05) is 20.8 Å². The Hall–Kier alpha value is -0.220. The second-order valence-corrected chi connectivity index (χ2v) is 7.79. The van der Waals surface area contributed by atoms with Crippen LogP contribution in [0.25, 0.3) is 0 Å². The third-order valence-corrected chi connectivity index (χ3v) is 6.10. The molecule has 1 unspecified atom stereocenters. The summed E-state index contributed by atoms with van der Waals surface area (Å²) in [4.78, 5) is 14.7. The summed E-state index contributed by atoms with van der Waals surface area (Å²) in [6.45, 7) is 10.7. The average Bonchev–Trinajstić information content (AvgIpc) is 2.84. The topological polar surface area (TPSA) is 32.3 Å². The summed E-state index contributed by atoms with van der Waals surface area (Å²) >= 11 is 1.81. The fraction of sp³-hybridized carbons (Fsp3) is 0.933. The van der Waals surface area contributed by atoms with Crippen LogP contribution in [0.3, 0.4) is 0 Å². The lowest BCUT2D eigenvalue weighted by Crippen LogP contribution is -2.47. The molecule has 0 aromatic heterocycles. The zero-order chi connectivity index (χ0) is 13.9. The third-order valence-electron chi connectivity index (χ3n) is 4.66. The molecule has 1 amide bonds. The highest BCUT2D eigenvalue weighted by Gasteiger charge is 2.39. The van der Waals surface area contributed by atoms with Gasteiger partial charge in [0.15, 0.2) is 0 Å². The predicted octanol–water partition coefficient (Wildman–Crippen LogP) is 2.37. The minimum Gasteiger partial charge on any atom is -0.342 e. The SMILES string of the molecule is CCSC(C(=O)N1CCC2(CCNC2)CC1)C(C)C. The highest BCUT2D eigenvalue weighted by molar-refractivity contribution is 8.00. The molecule has 2 fully saturated rings. The molecule has 0 aliphatic carbocycles. The molecule has 4 heteroatoms. The second kappa shape index (κ2) is 6.49. The molecule has 2 rings (SSSR count). The van der Waals surface area contributed by atoms with E-state index in [0.29, 0.717) is 17.2 Å². The molecule has 19 heavy (non-hydrogen) atoms. The van der Waals surface area contributed by atoms with Crippen molar-refractivity contribution < 1.29 is 4.79 Å². The van der Waals surface area contributed by atoms with Crippen molar-refractivity contribution in [1.82, 2.24) is 10.2 Å². The smallest absolute Gasteiger partial charge is 0.235 e. The molecule has 110 valence electrons. The zero-order valence-corrected chi connectivity index (χ0v) is 13.4. The van der Waals surface area contributed by atoms with Gasteiger partial charge in [0.1, 0.15) is 0 Å². The van der Waals surface area contributed by atoms with Gasteiger partial charge >= 0.3 is 0 Å². The molecule has 0 saturated carbocycles. The van der Waals surface area contributed by atoms with Crippen LogP contribution in [0.15, 0.2) is 0 Å². The highest BCUT2D eigenvalue weighted by atomic mass is 32.2. The normalized spacial score (nSPS) is 24.1. The molecule has 2 heterocycles. The van der Waals surface area contributed by atoms with Gasteiger partial charge in [0.25, 0.3) is 0 Å². The summed E-state index contributed by atoms with van der Waals surface area (Å²) < 4.78 is 0. The standard InChI is InChI=1S/C15H28N2OS/c1-4-19-13(12(2)3)14(18)17-9-6-15(7-10-17)5-8-16-11-15/h12-13,16H,4-11H2,1-3H3. The molecule has 0 aromatic carbocycles. The van der Waals surface area contributed by atoms with Crippen LogP contribution in [0.4, 0.5) is 0 Å². The lowest BCUT2D eigenvalue weighted by atomic mass is 9.78. The van der Waals surface area contributed by atoms with E-state index in [0.717, 1.165) is 31.9 Å². The summed E-state index contributed by atoms with van der Waals surface area (Å²) in [6.07, 6.45) is 3.67. The molecule has 1 atom stereocenters. The molecule has 3 nitrogen and oxygen atoms in total. The third kappa shape index (κ3) is 3.46. The molecule has 2 saturated heterocycles. The van der Waals surface area contributed by atoms with Crippen molar-refractivity contribution in [3.8, 4) is 0 Å². The van der Waals surface area contributed by atoms with Gasteiger partial charge in [0.05, 0.1) is 5.25 Å². The van der Waals surface area contributed by atoms with E-state index in [2.05, 4.69) is 31.0 Å². The van der Waals surface area contributed by atoms with Crippen LogP contribution in [0.2, 0.25) is 0 Å². The fourth-order valence-corrected chi connectivity index (χ4v) is 4.37. The summed E-state index contributed by atoms with van der Waals surface area (Å²) in [5.74, 6) is 1.83. The van der Waals surface area contributed by atoms with Gasteiger partial charge in [-0.3, -0.25) is 4.79 Å².